The van der Waals surface area contributed by atoms with Gasteiger partial charge in [-0.2, -0.15) is 0 Å². The molecule has 3 rings (SSSR count). The third-order valence-corrected chi connectivity index (χ3v) is 3.64. The fourth-order valence-electron chi connectivity index (χ4n) is 2.50. The van der Waals surface area contributed by atoms with Crippen molar-refractivity contribution in [1.29, 1.82) is 0 Å². The van der Waals surface area contributed by atoms with Crippen LogP contribution in [0.4, 0.5) is 0 Å². The van der Waals surface area contributed by atoms with Crippen LogP contribution in [0.2, 0.25) is 0 Å². The van der Waals surface area contributed by atoms with Gasteiger partial charge in [0.1, 0.15) is 0 Å². The average Bonchev–Trinajstić information content (AvgIpc) is 2.44. The van der Waals surface area contributed by atoms with E-state index in [9.17, 15) is 9.59 Å². The Bertz CT molecular complexity index is 630. The van der Waals surface area contributed by atoms with Crippen molar-refractivity contribution in [2.24, 2.45) is 0 Å². The highest BCUT2D eigenvalue weighted by atomic mass is 35.5. The van der Waals surface area contributed by atoms with Gasteiger partial charge < -0.3 is 0 Å². The summed E-state index contributed by atoms with van der Waals surface area (Å²) in [6.45, 7) is 0.367. The molecule has 0 atom stereocenters. The molecule has 1 aliphatic heterocycles. The zero-order valence-corrected chi connectivity index (χ0v) is 11.0. The van der Waals surface area contributed by atoms with Gasteiger partial charge in [0.25, 0.3) is 11.8 Å². The first-order valence-corrected chi connectivity index (χ1v) is 6.71. The summed E-state index contributed by atoms with van der Waals surface area (Å²) in [6, 6.07) is 11.1. The zero-order valence-electron chi connectivity index (χ0n) is 10.2. The third-order valence-electron chi connectivity index (χ3n) is 3.37. The van der Waals surface area contributed by atoms with Crippen LogP contribution in [0.15, 0.2) is 36.4 Å². The largest absolute Gasteiger partial charge is 0.274 e. The smallest absolute Gasteiger partial charge is 0.261 e. The van der Waals surface area contributed by atoms with Crippen LogP contribution >= 0.6 is 11.6 Å². The van der Waals surface area contributed by atoms with Crippen LogP contribution < -0.4 is 0 Å². The molecule has 0 unspecified atom stereocenters. The normalized spacial score (nSPS) is 14.3. The van der Waals surface area contributed by atoms with E-state index in [1.165, 1.54) is 4.90 Å². The highest BCUT2D eigenvalue weighted by molar-refractivity contribution is 6.25. The maximum Gasteiger partial charge on any atom is 0.261 e. The van der Waals surface area contributed by atoms with Crippen molar-refractivity contribution in [3.05, 3.63) is 47.5 Å². The third kappa shape index (κ3) is 1.81. The Morgan fingerprint density at radius 3 is 2.05 bits per heavy atom. The average molecular weight is 274 g/mol. The van der Waals surface area contributed by atoms with Gasteiger partial charge in [0.15, 0.2) is 0 Å². The standard InChI is InChI=1S/C15H12ClNO2/c16-8-3-9-17-14(18)11-6-1-4-10-5-2-7-12(13(10)11)15(17)19/h1-2,4-7H,3,8-9H2. The van der Waals surface area contributed by atoms with Gasteiger partial charge in [-0.15, -0.1) is 11.6 Å². The number of alkyl halides is 1. The van der Waals surface area contributed by atoms with Gasteiger partial charge >= 0.3 is 0 Å². The number of benzene rings is 2. The van der Waals surface area contributed by atoms with E-state index < -0.39 is 0 Å². The molecule has 0 bridgehead atoms. The van der Waals surface area contributed by atoms with Crippen molar-refractivity contribution in [2.45, 2.75) is 6.42 Å². The van der Waals surface area contributed by atoms with Crippen LogP contribution in [0.5, 0.6) is 0 Å². The van der Waals surface area contributed by atoms with E-state index >= 15 is 0 Å². The van der Waals surface area contributed by atoms with Crippen molar-refractivity contribution in [3.63, 3.8) is 0 Å². The molecule has 1 heterocycles. The van der Waals surface area contributed by atoms with Gasteiger partial charge in [0.05, 0.1) is 0 Å². The van der Waals surface area contributed by atoms with E-state index in [1.807, 2.05) is 24.3 Å². The summed E-state index contributed by atoms with van der Waals surface area (Å²) in [5.41, 5.74) is 1.20. The summed E-state index contributed by atoms with van der Waals surface area (Å²) in [6.07, 6.45) is 0.608. The van der Waals surface area contributed by atoms with E-state index in [0.29, 0.717) is 30.0 Å². The number of carbonyl (C=O) groups is 2. The molecule has 0 saturated heterocycles. The second kappa shape index (κ2) is 4.67. The molecule has 2 aromatic rings. The number of nitrogens with zero attached hydrogens (tertiary/aromatic N) is 1. The summed E-state index contributed by atoms with van der Waals surface area (Å²) in [5.74, 6) is -0.0121. The number of hydrogen-bond donors (Lipinski definition) is 0. The monoisotopic (exact) mass is 273 g/mol. The number of halogens is 1. The number of amides is 2. The van der Waals surface area contributed by atoms with Crippen LogP contribution in [0, 0.1) is 0 Å². The minimum absolute atomic E-state index is 0.223. The van der Waals surface area contributed by atoms with Crippen LogP contribution in [-0.4, -0.2) is 29.1 Å². The molecule has 0 fully saturated rings. The zero-order chi connectivity index (χ0) is 13.4. The molecule has 96 valence electrons. The molecule has 0 radical (unpaired) electrons. The first-order valence-electron chi connectivity index (χ1n) is 6.18. The summed E-state index contributed by atoms with van der Waals surface area (Å²) in [4.78, 5) is 26.1. The Balaban J connectivity index is 2.19. The minimum atomic E-state index is -0.223. The number of carbonyl (C=O) groups excluding carboxylic acids is 2. The Morgan fingerprint density at radius 1 is 0.947 bits per heavy atom. The van der Waals surface area contributed by atoms with E-state index in [1.54, 1.807) is 12.1 Å². The van der Waals surface area contributed by atoms with Crippen LogP contribution in [0.3, 0.4) is 0 Å². The number of imide groups is 1. The number of rotatable bonds is 3. The van der Waals surface area contributed by atoms with Crippen molar-refractivity contribution in [1.82, 2.24) is 4.90 Å². The van der Waals surface area contributed by atoms with Crippen LogP contribution in [0.1, 0.15) is 27.1 Å². The molecule has 3 nitrogen and oxygen atoms in total. The predicted molar refractivity (Wildman–Crippen MR) is 74.7 cm³/mol. The van der Waals surface area contributed by atoms with Crippen molar-refractivity contribution in [2.75, 3.05) is 12.4 Å². The summed E-state index contributed by atoms with van der Waals surface area (Å²) < 4.78 is 0. The van der Waals surface area contributed by atoms with Crippen molar-refractivity contribution < 1.29 is 9.59 Å². The molecule has 0 aromatic heterocycles. The lowest BCUT2D eigenvalue weighted by Crippen LogP contribution is -2.41. The highest BCUT2D eigenvalue weighted by Crippen LogP contribution is 2.29. The molecule has 0 saturated carbocycles. The van der Waals surface area contributed by atoms with Gasteiger partial charge in [-0.25, -0.2) is 0 Å². The molecular weight excluding hydrogens is 262 g/mol. The fourth-order valence-corrected chi connectivity index (χ4v) is 2.62. The topological polar surface area (TPSA) is 37.4 Å². The summed E-state index contributed by atoms with van der Waals surface area (Å²) >= 11 is 5.65. The lowest BCUT2D eigenvalue weighted by Gasteiger charge is -2.26. The second-order valence-electron chi connectivity index (χ2n) is 4.51. The van der Waals surface area contributed by atoms with Crippen LogP contribution in [-0.2, 0) is 0 Å². The quantitative estimate of drug-likeness (QED) is 0.637. The van der Waals surface area contributed by atoms with Gasteiger partial charge in [-0.05, 0) is 23.9 Å². The Morgan fingerprint density at radius 2 is 1.53 bits per heavy atom. The van der Waals surface area contributed by atoms with Gasteiger partial charge in [-0.1, -0.05) is 24.3 Å². The number of hydrogen-bond acceptors (Lipinski definition) is 2. The second-order valence-corrected chi connectivity index (χ2v) is 4.89. The predicted octanol–water partition coefficient (Wildman–Crippen LogP) is 3.06. The van der Waals surface area contributed by atoms with Crippen molar-refractivity contribution >= 4 is 34.2 Å². The van der Waals surface area contributed by atoms with E-state index in [2.05, 4.69) is 0 Å². The molecule has 0 N–H and O–H groups in total. The lowest BCUT2D eigenvalue weighted by atomic mass is 9.94. The molecular formula is C15H12ClNO2. The summed E-state index contributed by atoms with van der Waals surface area (Å²) in [7, 11) is 0. The molecule has 1 aliphatic rings. The SMILES string of the molecule is O=C1c2cccc3cccc(c23)C(=O)N1CCCCl. The summed E-state index contributed by atoms with van der Waals surface area (Å²) in [5, 5.41) is 1.69. The molecule has 0 aliphatic carbocycles. The lowest BCUT2D eigenvalue weighted by molar-refractivity contribution is 0.0611. The Labute approximate surface area is 115 Å². The molecule has 19 heavy (non-hydrogen) atoms. The minimum Gasteiger partial charge on any atom is -0.274 e. The molecule has 2 aromatic carbocycles. The van der Waals surface area contributed by atoms with Gasteiger partial charge in [0, 0.05) is 28.9 Å². The Hall–Kier alpha value is -1.87. The highest BCUT2D eigenvalue weighted by Gasteiger charge is 2.31. The molecule has 2 amide bonds. The fraction of sp³-hybridized carbons (Fsp3) is 0.200. The first-order chi connectivity index (χ1) is 9.24. The molecule has 0 spiro atoms. The van der Waals surface area contributed by atoms with E-state index in [-0.39, 0.29) is 11.8 Å². The van der Waals surface area contributed by atoms with Gasteiger partial charge in [0.2, 0.25) is 0 Å². The maximum atomic E-state index is 12.4. The Kier molecular flexibility index (Phi) is 2.99. The first kappa shape index (κ1) is 12.2. The van der Waals surface area contributed by atoms with E-state index in [0.717, 1.165) is 10.8 Å². The van der Waals surface area contributed by atoms with Crippen LogP contribution in [0.25, 0.3) is 10.8 Å². The van der Waals surface area contributed by atoms with E-state index in [4.69, 9.17) is 11.6 Å². The molecule has 4 heteroatoms. The van der Waals surface area contributed by atoms with Crippen molar-refractivity contribution in [3.8, 4) is 0 Å². The van der Waals surface area contributed by atoms with Gasteiger partial charge in [-0.3, -0.25) is 14.5 Å². The maximum absolute atomic E-state index is 12.4.